The number of benzene rings is 1. The number of ether oxygens (including phenoxy) is 1. The van der Waals surface area contributed by atoms with E-state index in [4.69, 9.17) is 5.11 Å². The van der Waals surface area contributed by atoms with Crippen LogP contribution in [-0.4, -0.2) is 24.2 Å². The molecule has 0 saturated carbocycles. The van der Waals surface area contributed by atoms with Crippen molar-refractivity contribution in [3.63, 3.8) is 0 Å². The standard InChI is InChI=1S/C13H14O2.C4H6O2/c1-11(13(14)15-2)7-6-10-12-8-4-3-5-9-12;1-3(2)4(5)6/h3-6,8-10H,1,7H2,2H3;1H2,2H3,(H,5,6). The summed E-state index contributed by atoms with van der Waals surface area (Å²) in [6, 6.07) is 9.89. The van der Waals surface area contributed by atoms with Crippen molar-refractivity contribution >= 4 is 18.0 Å². The fourth-order valence-electron chi connectivity index (χ4n) is 1.13. The van der Waals surface area contributed by atoms with E-state index >= 15 is 0 Å². The lowest BCUT2D eigenvalue weighted by atomic mass is 10.1. The quantitative estimate of drug-likeness (QED) is 0.665. The number of esters is 1. The minimum Gasteiger partial charge on any atom is -0.478 e. The number of carbonyl (C=O) groups excluding carboxylic acids is 1. The number of rotatable bonds is 5. The highest BCUT2D eigenvalue weighted by Gasteiger charge is 2.02. The van der Waals surface area contributed by atoms with Gasteiger partial charge in [-0.3, -0.25) is 0 Å². The highest BCUT2D eigenvalue weighted by Crippen LogP contribution is 2.06. The van der Waals surface area contributed by atoms with E-state index in [1.54, 1.807) is 0 Å². The molecular formula is C17H20O4. The van der Waals surface area contributed by atoms with E-state index in [0.717, 1.165) is 5.56 Å². The summed E-state index contributed by atoms with van der Waals surface area (Å²) >= 11 is 0. The van der Waals surface area contributed by atoms with Gasteiger partial charge in [-0.25, -0.2) is 9.59 Å². The second kappa shape index (κ2) is 10.2. The molecule has 4 nitrogen and oxygen atoms in total. The zero-order valence-electron chi connectivity index (χ0n) is 12.3. The van der Waals surface area contributed by atoms with Crippen molar-refractivity contribution in [2.45, 2.75) is 13.3 Å². The minimum absolute atomic E-state index is 0.176. The van der Waals surface area contributed by atoms with Gasteiger partial charge in [0.2, 0.25) is 0 Å². The zero-order chi connectivity index (χ0) is 16.3. The van der Waals surface area contributed by atoms with Crippen LogP contribution in [0.5, 0.6) is 0 Å². The van der Waals surface area contributed by atoms with Gasteiger partial charge in [-0.2, -0.15) is 0 Å². The summed E-state index contributed by atoms with van der Waals surface area (Å²) in [7, 11) is 1.36. The number of methoxy groups -OCH3 is 1. The van der Waals surface area contributed by atoms with Gasteiger partial charge in [0.05, 0.1) is 7.11 Å². The Labute approximate surface area is 125 Å². The fourth-order valence-corrected chi connectivity index (χ4v) is 1.13. The zero-order valence-corrected chi connectivity index (χ0v) is 12.3. The third-order valence-corrected chi connectivity index (χ3v) is 2.31. The maximum atomic E-state index is 11.0. The van der Waals surface area contributed by atoms with Crippen molar-refractivity contribution in [1.82, 2.24) is 0 Å². The number of carboxylic acid groups (broad SMARTS) is 1. The first kappa shape index (κ1) is 18.4. The summed E-state index contributed by atoms with van der Waals surface area (Å²) in [5, 5.41) is 7.89. The Morgan fingerprint density at radius 2 is 1.76 bits per heavy atom. The van der Waals surface area contributed by atoms with Gasteiger partial charge >= 0.3 is 11.9 Å². The van der Waals surface area contributed by atoms with Gasteiger partial charge in [0, 0.05) is 11.1 Å². The summed E-state index contributed by atoms with van der Waals surface area (Å²) in [6.07, 6.45) is 4.37. The number of hydrogen-bond acceptors (Lipinski definition) is 3. The van der Waals surface area contributed by atoms with Crippen LogP contribution in [0, 0.1) is 0 Å². The molecule has 0 atom stereocenters. The summed E-state index contributed by atoms with van der Waals surface area (Å²) in [4.78, 5) is 20.6. The van der Waals surface area contributed by atoms with Crippen molar-refractivity contribution in [2.75, 3.05) is 7.11 Å². The molecule has 1 aromatic rings. The summed E-state index contributed by atoms with van der Waals surface area (Å²) in [5.74, 6) is -1.29. The van der Waals surface area contributed by atoms with E-state index in [0.29, 0.717) is 12.0 Å². The van der Waals surface area contributed by atoms with Crippen molar-refractivity contribution in [3.05, 3.63) is 66.3 Å². The Morgan fingerprint density at radius 1 is 1.24 bits per heavy atom. The van der Waals surface area contributed by atoms with Gasteiger partial charge in [0.1, 0.15) is 0 Å². The smallest absolute Gasteiger partial charge is 0.333 e. The highest BCUT2D eigenvalue weighted by atomic mass is 16.5. The van der Waals surface area contributed by atoms with Crippen LogP contribution in [0.3, 0.4) is 0 Å². The minimum atomic E-state index is -0.935. The molecule has 0 aliphatic carbocycles. The maximum Gasteiger partial charge on any atom is 0.333 e. The fraction of sp³-hybridized carbons (Fsp3) is 0.176. The molecule has 0 spiro atoms. The Morgan fingerprint density at radius 3 is 2.19 bits per heavy atom. The Kier molecular flexibility index (Phi) is 8.93. The number of allylic oxidation sites excluding steroid dienone is 1. The molecule has 0 amide bonds. The number of aliphatic carboxylic acids is 1. The number of carboxylic acids is 1. The van der Waals surface area contributed by atoms with E-state index < -0.39 is 5.97 Å². The normalized spacial score (nSPS) is 9.43. The molecule has 0 fully saturated rings. The van der Waals surface area contributed by atoms with Gasteiger partial charge in [0.15, 0.2) is 0 Å². The average Bonchev–Trinajstić information content (AvgIpc) is 2.47. The number of hydrogen-bond donors (Lipinski definition) is 1. The molecule has 112 valence electrons. The van der Waals surface area contributed by atoms with E-state index in [1.807, 2.05) is 42.5 Å². The number of carbonyl (C=O) groups is 2. The maximum absolute atomic E-state index is 11.0. The summed E-state index contributed by atoms with van der Waals surface area (Å²) in [5.41, 5.74) is 1.75. The van der Waals surface area contributed by atoms with Crippen molar-refractivity contribution in [1.29, 1.82) is 0 Å². The Hall–Kier alpha value is -2.62. The van der Waals surface area contributed by atoms with E-state index in [1.165, 1.54) is 14.0 Å². The van der Waals surface area contributed by atoms with Crippen molar-refractivity contribution in [2.24, 2.45) is 0 Å². The van der Waals surface area contributed by atoms with Crippen molar-refractivity contribution < 1.29 is 19.4 Å². The molecule has 0 aromatic heterocycles. The second-order valence-electron chi connectivity index (χ2n) is 4.20. The monoisotopic (exact) mass is 288 g/mol. The third kappa shape index (κ3) is 8.99. The van der Waals surface area contributed by atoms with Crippen molar-refractivity contribution in [3.8, 4) is 0 Å². The topological polar surface area (TPSA) is 63.6 Å². The molecule has 0 radical (unpaired) electrons. The molecule has 0 aliphatic rings. The van der Waals surface area contributed by atoms with Crippen LogP contribution in [0.25, 0.3) is 6.08 Å². The van der Waals surface area contributed by atoms with E-state index in [9.17, 15) is 9.59 Å². The summed E-state index contributed by atoms with van der Waals surface area (Å²) in [6.45, 7) is 8.23. The molecule has 1 aromatic carbocycles. The molecule has 1 N–H and O–H groups in total. The molecule has 0 aliphatic heterocycles. The lowest BCUT2D eigenvalue weighted by Gasteiger charge is -1.98. The first-order valence-electron chi connectivity index (χ1n) is 6.25. The molecule has 4 heteroatoms. The Bertz CT molecular complexity index is 515. The Balaban J connectivity index is 0.000000567. The first-order valence-corrected chi connectivity index (χ1v) is 6.25. The lowest BCUT2D eigenvalue weighted by Crippen LogP contribution is -2.02. The molecule has 1 rings (SSSR count). The summed E-state index contributed by atoms with van der Waals surface area (Å²) < 4.78 is 4.54. The SMILES string of the molecule is C=C(C)C(=O)O.C=C(CC=Cc1ccccc1)C(=O)OC. The van der Waals surface area contributed by atoms with Crippen LogP contribution < -0.4 is 0 Å². The van der Waals surface area contributed by atoms with Crippen LogP contribution in [0.2, 0.25) is 0 Å². The van der Waals surface area contributed by atoms with E-state index in [2.05, 4.69) is 17.9 Å². The molecule has 0 unspecified atom stereocenters. The van der Waals surface area contributed by atoms with Crippen LogP contribution in [0.1, 0.15) is 18.9 Å². The molecule has 0 heterocycles. The van der Waals surface area contributed by atoms with Gasteiger partial charge in [-0.05, 0) is 18.9 Å². The largest absolute Gasteiger partial charge is 0.478 e. The van der Waals surface area contributed by atoms with Crippen LogP contribution in [0.4, 0.5) is 0 Å². The van der Waals surface area contributed by atoms with Gasteiger partial charge in [-0.1, -0.05) is 55.6 Å². The molecule has 0 saturated heterocycles. The average molecular weight is 288 g/mol. The highest BCUT2D eigenvalue weighted by molar-refractivity contribution is 5.88. The molecule has 21 heavy (non-hydrogen) atoms. The van der Waals surface area contributed by atoms with Gasteiger partial charge < -0.3 is 9.84 Å². The van der Waals surface area contributed by atoms with Gasteiger partial charge in [-0.15, -0.1) is 0 Å². The predicted molar refractivity (Wildman–Crippen MR) is 83.7 cm³/mol. The van der Waals surface area contributed by atoms with Crippen LogP contribution in [-0.2, 0) is 14.3 Å². The lowest BCUT2D eigenvalue weighted by molar-refractivity contribution is -0.136. The second-order valence-corrected chi connectivity index (χ2v) is 4.20. The van der Waals surface area contributed by atoms with Crippen LogP contribution >= 0.6 is 0 Å². The first-order chi connectivity index (χ1) is 9.88. The predicted octanol–water partition coefficient (Wildman–Crippen LogP) is 3.47. The van der Waals surface area contributed by atoms with E-state index in [-0.39, 0.29) is 11.5 Å². The third-order valence-electron chi connectivity index (χ3n) is 2.31. The van der Waals surface area contributed by atoms with Gasteiger partial charge in [0.25, 0.3) is 0 Å². The molecule has 0 bridgehead atoms. The van der Waals surface area contributed by atoms with Crippen LogP contribution in [0.15, 0.2) is 60.7 Å². The molecular weight excluding hydrogens is 268 g/mol.